The highest BCUT2D eigenvalue weighted by Gasteiger charge is 2.33. The first kappa shape index (κ1) is 23.8. The average molecular weight is 493 g/mol. The molecular weight excluding hydrogens is 468 g/mol. The fourth-order valence-electron chi connectivity index (χ4n) is 3.59. The van der Waals surface area contributed by atoms with Crippen molar-refractivity contribution in [2.24, 2.45) is 0 Å². The lowest BCUT2D eigenvalue weighted by Gasteiger charge is -2.14. The van der Waals surface area contributed by atoms with Gasteiger partial charge in [-0.2, -0.15) is 0 Å². The highest BCUT2D eigenvalue weighted by atomic mass is 32.2. The Morgan fingerprint density at radius 2 is 1.91 bits per heavy atom. The highest BCUT2D eigenvalue weighted by Crippen LogP contribution is 2.33. The lowest BCUT2D eigenvalue weighted by Crippen LogP contribution is -2.36. The first-order chi connectivity index (χ1) is 16.4. The van der Waals surface area contributed by atoms with Gasteiger partial charge in [0.15, 0.2) is 5.69 Å². The van der Waals surface area contributed by atoms with E-state index in [2.05, 4.69) is 41.6 Å². The van der Waals surface area contributed by atoms with Crippen molar-refractivity contribution in [3.63, 3.8) is 0 Å². The molecule has 34 heavy (non-hydrogen) atoms. The number of hydrogen-bond acceptors (Lipinski definition) is 7. The average Bonchev–Trinajstić information content (AvgIpc) is 3.39. The number of rotatable bonds is 7. The summed E-state index contributed by atoms with van der Waals surface area (Å²) in [4.78, 5) is 27.5. The Kier molecular flexibility index (Phi) is 7.23. The predicted octanol–water partition coefficient (Wildman–Crippen LogP) is 5.01. The number of thiocarbonyl (C=S) groups is 1. The van der Waals surface area contributed by atoms with Crippen molar-refractivity contribution in [3.8, 4) is 11.3 Å². The molecule has 1 aromatic heterocycles. The van der Waals surface area contributed by atoms with Crippen LogP contribution in [0.3, 0.4) is 0 Å². The molecule has 1 aliphatic heterocycles. The van der Waals surface area contributed by atoms with Crippen molar-refractivity contribution in [2.45, 2.75) is 33.6 Å². The topological polar surface area (TPSA) is 88.3 Å². The van der Waals surface area contributed by atoms with Gasteiger partial charge in [-0.15, -0.1) is 0 Å². The molecule has 0 radical (unpaired) electrons. The van der Waals surface area contributed by atoms with Gasteiger partial charge in [0.1, 0.15) is 10.9 Å². The van der Waals surface area contributed by atoms with Crippen LogP contribution in [-0.2, 0) is 22.4 Å². The molecule has 0 spiro atoms. The summed E-state index contributed by atoms with van der Waals surface area (Å²) in [7, 11) is 0. The summed E-state index contributed by atoms with van der Waals surface area (Å²) in [6.45, 7) is 5.90. The van der Waals surface area contributed by atoms with E-state index in [1.807, 2.05) is 37.3 Å². The summed E-state index contributed by atoms with van der Waals surface area (Å²) in [6.07, 6.45) is 3.45. The summed E-state index contributed by atoms with van der Waals surface area (Å²) in [5.74, 6) is -0.517. The maximum absolute atomic E-state index is 12.9. The van der Waals surface area contributed by atoms with Crippen molar-refractivity contribution in [2.75, 3.05) is 11.9 Å². The molecule has 7 nitrogen and oxygen atoms in total. The van der Waals surface area contributed by atoms with Crippen LogP contribution in [0.1, 0.15) is 36.1 Å². The van der Waals surface area contributed by atoms with E-state index < -0.39 is 5.91 Å². The number of nitrogens with one attached hydrogen (secondary N) is 1. The van der Waals surface area contributed by atoms with Crippen LogP contribution in [0.25, 0.3) is 17.3 Å². The minimum Gasteiger partial charge on any atom is -0.304 e. The zero-order valence-electron chi connectivity index (χ0n) is 19.1. The van der Waals surface area contributed by atoms with Gasteiger partial charge in [0, 0.05) is 5.56 Å². The molecular formula is C25H24N4O3S2. The number of aromatic nitrogens is 2. The van der Waals surface area contributed by atoms with E-state index in [1.165, 1.54) is 16.7 Å². The maximum atomic E-state index is 12.9. The normalized spacial score (nSPS) is 14.8. The van der Waals surface area contributed by atoms with Gasteiger partial charge in [-0.1, -0.05) is 79.8 Å². The second-order valence-corrected chi connectivity index (χ2v) is 9.56. The van der Waals surface area contributed by atoms with E-state index in [0.717, 1.165) is 40.7 Å². The number of nitrogens with zero attached hydrogens (tertiary/aromatic N) is 3. The van der Waals surface area contributed by atoms with Gasteiger partial charge >= 0.3 is 0 Å². The van der Waals surface area contributed by atoms with Crippen LogP contribution in [0, 0.1) is 6.92 Å². The summed E-state index contributed by atoms with van der Waals surface area (Å²) >= 11 is 6.54. The van der Waals surface area contributed by atoms with Crippen molar-refractivity contribution in [1.82, 2.24) is 15.2 Å². The molecule has 2 aromatic carbocycles. The number of hydrogen-bond donors (Lipinski definition) is 1. The van der Waals surface area contributed by atoms with Crippen LogP contribution in [0.4, 0.5) is 5.82 Å². The Labute approximate surface area is 207 Å². The number of anilines is 1. The third-order valence-electron chi connectivity index (χ3n) is 5.52. The molecule has 1 N–H and O–H groups in total. The van der Waals surface area contributed by atoms with Gasteiger partial charge in [0.2, 0.25) is 11.7 Å². The Hall–Kier alpha value is -3.30. The molecule has 2 heterocycles. The number of aryl methyl sites for hydroxylation is 3. The first-order valence-corrected chi connectivity index (χ1v) is 12.2. The Balaban J connectivity index is 1.49. The van der Waals surface area contributed by atoms with Gasteiger partial charge in [0.25, 0.3) is 5.91 Å². The molecule has 0 bridgehead atoms. The quantitative estimate of drug-likeness (QED) is 0.366. The molecule has 4 rings (SSSR count). The molecule has 174 valence electrons. The van der Waals surface area contributed by atoms with E-state index in [9.17, 15) is 9.59 Å². The molecule has 3 aromatic rings. The zero-order valence-corrected chi connectivity index (χ0v) is 20.8. The summed E-state index contributed by atoms with van der Waals surface area (Å²) in [5.41, 5.74) is 5.58. The Morgan fingerprint density at radius 1 is 1.15 bits per heavy atom. The fraction of sp³-hybridized carbons (Fsp3) is 0.240. The van der Waals surface area contributed by atoms with Crippen LogP contribution in [-0.4, -0.2) is 37.9 Å². The molecule has 0 saturated carbocycles. The van der Waals surface area contributed by atoms with Crippen molar-refractivity contribution >= 4 is 52.0 Å². The van der Waals surface area contributed by atoms with Gasteiger partial charge in [-0.25, -0.2) is 4.63 Å². The van der Waals surface area contributed by atoms with E-state index in [1.54, 1.807) is 6.08 Å². The van der Waals surface area contributed by atoms with Gasteiger partial charge in [-0.05, 0) is 58.9 Å². The lowest BCUT2D eigenvalue weighted by atomic mass is 9.98. The highest BCUT2D eigenvalue weighted by molar-refractivity contribution is 8.26. The Bertz CT molecular complexity index is 1280. The smallest absolute Gasteiger partial charge is 0.266 e. The van der Waals surface area contributed by atoms with Gasteiger partial charge in [-0.3, -0.25) is 14.5 Å². The van der Waals surface area contributed by atoms with Gasteiger partial charge in [0.05, 0.1) is 4.91 Å². The van der Waals surface area contributed by atoms with Crippen LogP contribution in [0.2, 0.25) is 0 Å². The molecule has 0 aliphatic carbocycles. The predicted molar refractivity (Wildman–Crippen MR) is 138 cm³/mol. The molecule has 9 heteroatoms. The minimum absolute atomic E-state index is 0.216. The van der Waals surface area contributed by atoms with Gasteiger partial charge < -0.3 is 5.32 Å². The summed E-state index contributed by atoms with van der Waals surface area (Å²) in [5, 5.41) is 10.6. The van der Waals surface area contributed by atoms with Crippen LogP contribution < -0.4 is 5.32 Å². The van der Waals surface area contributed by atoms with Crippen LogP contribution in [0.15, 0.2) is 52.0 Å². The number of benzene rings is 2. The zero-order chi connectivity index (χ0) is 24.2. The summed E-state index contributed by atoms with van der Waals surface area (Å²) in [6, 6.07) is 14.0. The SMILES string of the molecule is CCc1ccc(CC)c(-c2nonc2NC(=O)CN2C(=O)/C(=C/c3ccc(C)cc3)SC2=S)c1. The van der Waals surface area contributed by atoms with E-state index >= 15 is 0 Å². The van der Waals surface area contributed by atoms with Crippen molar-refractivity contribution in [1.29, 1.82) is 0 Å². The molecule has 1 aliphatic rings. The van der Waals surface area contributed by atoms with Crippen LogP contribution >= 0.6 is 24.0 Å². The fourth-order valence-corrected chi connectivity index (χ4v) is 4.84. The molecule has 0 atom stereocenters. The minimum atomic E-state index is -0.436. The number of carbonyl (C=O) groups excluding carboxylic acids is 2. The van der Waals surface area contributed by atoms with E-state index in [0.29, 0.717) is 14.9 Å². The third-order valence-corrected chi connectivity index (χ3v) is 6.89. The number of amides is 2. The third kappa shape index (κ3) is 5.10. The largest absolute Gasteiger partial charge is 0.304 e. The van der Waals surface area contributed by atoms with Crippen molar-refractivity contribution in [3.05, 3.63) is 69.6 Å². The monoisotopic (exact) mass is 492 g/mol. The van der Waals surface area contributed by atoms with E-state index in [4.69, 9.17) is 16.8 Å². The van der Waals surface area contributed by atoms with Crippen molar-refractivity contribution < 1.29 is 14.2 Å². The van der Waals surface area contributed by atoms with E-state index in [-0.39, 0.29) is 18.3 Å². The molecule has 0 unspecified atom stereocenters. The number of thioether (sulfide) groups is 1. The molecule has 1 fully saturated rings. The summed E-state index contributed by atoms with van der Waals surface area (Å²) < 4.78 is 5.28. The first-order valence-electron chi connectivity index (χ1n) is 11.0. The maximum Gasteiger partial charge on any atom is 0.266 e. The Morgan fingerprint density at radius 3 is 2.62 bits per heavy atom. The number of carbonyl (C=O) groups is 2. The molecule has 1 saturated heterocycles. The standard InChI is InChI=1S/C25H24N4O3S2/c1-4-16-10-11-18(5-2)19(12-16)22-23(28-32-27-22)26-21(30)14-29-24(31)20(34-25(29)33)13-17-8-6-15(3)7-9-17/h6-13H,4-5,14H2,1-3H3,(H,26,28,30)/b20-13-. The van der Waals surface area contributed by atoms with Crippen LogP contribution in [0.5, 0.6) is 0 Å². The second kappa shape index (κ2) is 10.3. The molecule has 2 amide bonds. The lowest BCUT2D eigenvalue weighted by molar-refractivity contribution is -0.126. The second-order valence-electron chi connectivity index (χ2n) is 7.89.